The lowest BCUT2D eigenvalue weighted by Gasteiger charge is -2.41. The Kier molecular flexibility index (Phi) is 18.5. The van der Waals surface area contributed by atoms with Gasteiger partial charge in [0.2, 0.25) is 0 Å². The van der Waals surface area contributed by atoms with Crippen LogP contribution in [-0.4, -0.2) is 149 Å². The summed E-state index contributed by atoms with van der Waals surface area (Å²) in [6.45, 7) is 6.19. The molecule has 9 N–H and O–H groups in total. The van der Waals surface area contributed by atoms with E-state index < -0.39 is 51.7 Å². The zero-order valence-corrected chi connectivity index (χ0v) is 37.0. The maximum atomic E-state index is 15.6. The van der Waals surface area contributed by atoms with E-state index >= 15 is 4.39 Å². The molecule has 2 fully saturated rings. The van der Waals surface area contributed by atoms with Gasteiger partial charge in [0, 0.05) is 86.5 Å². The van der Waals surface area contributed by atoms with Crippen LogP contribution in [0.4, 0.5) is 15.9 Å². The van der Waals surface area contributed by atoms with Crippen molar-refractivity contribution in [2.75, 3.05) is 43.7 Å². The molecule has 0 amide bonds. The molecule has 1 saturated carbocycles. The van der Waals surface area contributed by atoms with Crippen molar-refractivity contribution in [3.05, 3.63) is 90.7 Å². The molecule has 2 aliphatic rings. The molecule has 4 heterocycles. The molecule has 2 aromatic carbocycles. The molecular formula is C42H46FN9O15S. The highest BCUT2D eigenvalue weighted by atomic mass is 32.2. The third-order valence-corrected chi connectivity index (χ3v) is 11.6. The van der Waals surface area contributed by atoms with Crippen LogP contribution in [0.5, 0.6) is 0 Å². The number of nitrogen functional groups attached to an aromatic ring is 1. The Morgan fingerprint density at radius 2 is 1.24 bits per heavy atom. The first-order valence-electron chi connectivity index (χ1n) is 20.1. The molecule has 7 rings (SSSR count). The van der Waals surface area contributed by atoms with Crippen LogP contribution in [0.15, 0.2) is 88.8 Å². The number of nitrogens with two attached hydrogens (primary N) is 1. The summed E-state index contributed by atoms with van der Waals surface area (Å²) in [5.41, 5.74) is 9.22. The van der Waals surface area contributed by atoms with E-state index in [-0.39, 0.29) is 22.1 Å². The van der Waals surface area contributed by atoms with Crippen molar-refractivity contribution in [2.45, 2.75) is 49.6 Å². The van der Waals surface area contributed by atoms with E-state index in [2.05, 4.69) is 46.4 Å². The number of aromatic nitrogens is 5. The number of nitrogens with one attached hydrogen (secondary N) is 1. The van der Waals surface area contributed by atoms with Crippen molar-refractivity contribution in [2.24, 2.45) is 0 Å². The average molecular weight is 968 g/mol. The number of rotatable bonds is 12. The summed E-state index contributed by atoms with van der Waals surface area (Å²) < 4.78 is 51.3. The quantitative estimate of drug-likeness (QED) is 0.0831. The van der Waals surface area contributed by atoms with Crippen LogP contribution in [0.1, 0.15) is 37.3 Å². The van der Waals surface area contributed by atoms with Crippen molar-refractivity contribution in [1.82, 2.24) is 34.6 Å². The van der Waals surface area contributed by atoms with Crippen molar-refractivity contribution >= 4 is 79.4 Å². The number of likely N-dealkylation sites (N-methyl/N-ethyl adjacent to an activating group) is 1. The monoisotopic (exact) mass is 967 g/mol. The Balaban J connectivity index is 0.000000346. The predicted molar refractivity (Wildman–Crippen MR) is 238 cm³/mol. The largest absolute Gasteiger partial charge is 0.478 e. The van der Waals surface area contributed by atoms with Gasteiger partial charge in [-0.05, 0) is 79.3 Å². The fraction of sp³-hybridized carbons (Fsp3) is 0.286. The summed E-state index contributed by atoms with van der Waals surface area (Å²) in [6, 6.07) is 8.18. The van der Waals surface area contributed by atoms with Gasteiger partial charge in [-0.1, -0.05) is 12.1 Å². The van der Waals surface area contributed by atoms with Gasteiger partial charge >= 0.3 is 35.8 Å². The van der Waals surface area contributed by atoms with E-state index in [1.165, 1.54) is 24.5 Å². The zero-order chi connectivity index (χ0) is 50.3. The minimum absolute atomic E-state index is 0.0791. The number of carbonyl (C=O) groups is 6. The SMILES string of the molecule is Cc1ccc(S(=O)(=O)Nc2ccc(-c3cn(C4CCC(N5CCN(C)CC5)CC4)c4ncnc(N)c34)cc2F)c2nonc12.O=C(O)/C=C\C(=O)O.O=C(O)/C=C\C(=O)O.O=C(O)/C=C\C(=O)O. The van der Waals surface area contributed by atoms with Gasteiger partial charge in [0.1, 0.15) is 34.0 Å². The van der Waals surface area contributed by atoms with Gasteiger partial charge in [-0.15, -0.1) is 0 Å². The van der Waals surface area contributed by atoms with E-state index in [0.717, 1.165) is 51.9 Å². The molecule has 5 aromatic rings. The number of carboxylic acid groups (broad SMARTS) is 6. The van der Waals surface area contributed by atoms with Crippen LogP contribution >= 0.6 is 0 Å². The second kappa shape index (κ2) is 23.9. The van der Waals surface area contributed by atoms with Gasteiger partial charge in [-0.25, -0.2) is 56.2 Å². The normalized spacial score (nSPS) is 16.6. The highest BCUT2D eigenvalue weighted by Gasteiger charge is 2.30. The number of aliphatic carboxylic acids is 6. The minimum Gasteiger partial charge on any atom is -0.478 e. The standard InChI is InChI=1S/C30H34FN9O3S.3C4H4O4/c1-18-3-10-25(28-27(18)35-43-36-28)44(41,42)37-24-9-4-19(15-23(24)31)22-16-40(30-26(22)29(32)33-17-34-30)21-7-5-20(6-8-21)39-13-11-38(2)12-14-39;3*5-3(6)1-2-4(7)8/h3-4,9-10,15-17,20-21,37H,5-8,11-14H2,1-2H3,(H2,32,33,34);3*1-2H,(H,5,6)(H,7,8)/b;3*2-1-. The molecule has 0 atom stereocenters. The smallest absolute Gasteiger partial charge is 0.328 e. The molecule has 362 valence electrons. The molecule has 1 saturated heterocycles. The number of aryl methyl sites for hydroxylation is 1. The Morgan fingerprint density at radius 3 is 1.74 bits per heavy atom. The van der Waals surface area contributed by atoms with E-state index in [4.69, 9.17) is 41.0 Å². The summed E-state index contributed by atoms with van der Waals surface area (Å²) in [4.78, 5) is 71.0. The van der Waals surface area contributed by atoms with Crippen LogP contribution in [0, 0.1) is 12.7 Å². The third-order valence-electron chi connectivity index (χ3n) is 10.3. The second-order valence-corrected chi connectivity index (χ2v) is 16.5. The maximum absolute atomic E-state index is 15.6. The topological polar surface area (TPSA) is 372 Å². The number of sulfonamides is 1. The van der Waals surface area contributed by atoms with Crippen LogP contribution in [0.3, 0.4) is 0 Å². The molecule has 1 aliphatic heterocycles. The first kappa shape index (κ1) is 52.5. The lowest BCUT2D eigenvalue weighted by molar-refractivity contribution is -0.134. The predicted octanol–water partition coefficient (Wildman–Crippen LogP) is 3.33. The van der Waals surface area contributed by atoms with E-state index in [0.29, 0.717) is 81.6 Å². The third kappa shape index (κ3) is 15.0. The molecule has 3 aromatic heterocycles. The van der Waals surface area contributed by atoms with Crippen LogP contribution in [0.25, 0.3) is 33.2 Å². The number of halogens is 1. The number of carboxylic acids is 6. The molecule has 24 nitrogen and oxygen atoms in total. The summed E-state index contributed by atoms with van der Waals surface area (Å²) in [6.07, 6.45) is 11.0. The number of benzene rings is 2. The molecule has 68 heavy (non-hydrogen) atoms. The van der Waals surface area contributed by atoms with Gasteiger partial charge in [0.25, 0.3) is 10.0 Å². The lowest BCUT2D eigenvalue weighted by atomic mass is 9.89. The molecule has 0 spiro atoms. The maximum Gasteiger partial charge on any atom is 0.328 e. The first-order valence-corrected chi connectivity index (χ1v) is 21.6. The average Bonchev–Trinajstić information content (AvgIpc) is 3.94. The number of hydrogen-bond donors (Lipinski definition) is 8. The summed E-state index contributed by atoms with van der Waals surface area (Å²) in [5.74, 6) is -7.97. The van der Waals surface area contributed by atoms with Gasteiger partial charge in [0.05, 0.1) is 11.1 Å². The molecule has 0 bridgehead atoms. The Morgan fingerprint density at radius 1 is 0.735 bits per heavy atom. The molecule has 0 radical (unpaired) electrons. The van der Waals surface area contributed by atoms with Crippen LogP contribution < -0.4 is 10.5 Å². The van der Waals surface area contributed by atoms with Gasteiger partial charge in [0.15, 0.2) is 5.52 Å². The Labute approximate surface area is 385 Å². The molecule has 26 heteroatoms. The highest BCUT2D eigenvalue weighted by molar-refractivity contribution is 7.93. The number of fused-ring (bicyclic) bond motifs is 2. The molecular weight excluding hydrogens is 922 g/mol. The minimum atomic E-state index is -4.20. The molecule has 1 aliphatic carbocycles. The number of anilines is 2. The van der Waals surface area contributed by atoms with Crippen molar-refractivity contribution in [3.8, 4) is 11.1 Å². The fourth-order valence-corrected chi connectivity index (χ4v) is 8.27. The number of piperazine rings is 1. The van der Waals surface area contributed by atoms with Gasteiger partial charge < -0.3 is 45.8 Å². The zero-order valence-electron chi connectivity index (χ0n) is 36.2. The highest BCUT2D eigenvalue weighted by Crippen LogP contribution is 2.40. The van der Waals surface area contributed by atoms with Crippen molar-refractivity contribution in [3.63, 3.8) is 0 Å². The summed E-state index contributed by atoms with van der Waals surface area (Å²) in [5, 5.41) is 55.0. The Bertz CT molecular complexity index is 2740. The molecule has 0 unspecified atom stereocenters. The number of nitrogens with zero attached hydrogens (tertiary/aromatic N) is 7. The second-order valence-electron chi connectivity index (χ2n) is 14.9. The first-order chi connectivity index (χ1) is 32.1. The summed E-state index contributed by atoms with van der Waals surface area (Å²) in [7, 11) is -2.02. The van der Waals surface area contributed by atoms with Crippen LogP contribution in [0.2, 0.25) is 0 Å². The van der Waals surface area contributed by atoms with Crippen molar-refractivity contribution in [1.29, 1.82) is 0 Å². The van der Waals surface area contributed by atoms with E-state index in [1.54, 1.807) is 19.1 Å². The van der Waals surface area contributed by atoms with Crippen molar-refractivity contribution < 1.29 is 76.8 Å². The summed E-state index contributed by atoms with van der Waals surface area (Å²) >= 11 is 0. The van der Waals surface area contributed by atoms with Gasteiger partial charge in [-0.3, -0.25) is 9.62 Å². The van der Waals surface area contributed by atoms with E-state index in [9.17, 15) is 37.2 Å². The lowest BCUT2D eigenvalue weighted by Crippen LogP contribution is -2.49. The van der Waals surface area contributed by atoms with Crippen LogP contribution in [-0.2, 0) is 38.8 Å². The van der Waals surface area contributed by atoms with Gasteiger partial charge in [-0.2, -0.15) is 0 Å². The van der Waals surface area contributed by atoms with E-state index in [1.807, 2.05) is 6.20 Å². The number of hydrogen-bond acceptors (Lipinski definition) is 16. The Hall–Kier alpha value is -8.10. The fourth-order valence-electron chi connectivity index (χ4n) is 7.07.